The van der Waals surface area contributed by atoms with Crippen molar-refractivity contribution in [1.29, 1.82) is 0 Å². The van der Waals surface area contributed by atoms with E-state index in [0.29, 0.717) is 10.6 Å². The Hall–Kier alpha value is -0.830. The van der Waals surface area contributed by atoms with Gasteiger partial charge in [-0.1, -0.05) is 46.2 Å². The third kappa shape index (κ3) is 3.59. The number of hydrogen-bond donors (Lipinski definition) is 0. The van der Waals surface area contributed by atoms with E-state index in [4.69, 9.17) is 16.6 Å². The Labute approximate surface area is 121 Å². The molecule has 1 aromatic heterocycles. The number of rotatable bonds is 1. The molecule has 2 rings (SSSR count). The van der Waals surface area contributed by atoms with Gasteiger partial charge < -0.3 is 4.90 Å². The standard InChI is InChI=1S/C15H24ClN3/c1-14(2,3)13-17-11(16)10-12(18-13)19-8-6-15(4,5)7-9-19/h10H,6-9H2,1-5H3. The Bertz CT molecular complexity index is 453. The molecule has 4 heteroatoms. The lowest BCUT2D eigenvalue weighted by molar-refractivity contribution is 0.279. The van der Waals surface area contributed by atoms with Gasteiger partial charge in [-0.25, -0.2) is 9.97 Å². The highest BCUT2D eigenvalue weighted by molar-refractivity contribution is 6.29. The molecular weight excluding hydrogens is 258 g/mol. The number of anilines is 1. The van der Waals surface area contributed by atoms with E-state index in [1.807, 2.05) is 6.07 Å². The van der Waals surface area contributed by atoms with Crippen LogP contribution in [0.15, 0.2) is 6.07 Å². The molecule has 2 heterocycles. The first-order chi connectivity index (χ1) is 8.67. The maximum atomic E-state index is 6.15. The van der Waals surface area contributed by atoms with Gasteiger partial charge in [0.1, 0.15) is 16.8 Å². The molecule has 1 aromatic rings. The zero-order chi connectivity index (χ0) is 14.3. The average Bonchev–Trinajstić information content (AvgIpc) is 2.26. The topological polar surface area (TPSA) is 29.0 Å². The number of nitrogens with zero attached hydrogens (tertiary/aromatic N) is 3. The van der Waals surface area contributed by atoms with Crippen LogP contribution in [-0.2, 0) is 5.41 Å². The van der Waals surface area contributed by atoms with Gasteiger partial charge in [0.05, 0.1) is 0 Å². The number of piperidine rings is 1. The Balaban J connectivity index is 2.24. The predicted octanol–water partition coefficient (Wildman–Crippen LogP) is 4.05. The SMILES string of the molecule is CC1(C)CCN(c2cc(Cl)nc(C(C)(C)C)n2)CC1. The Kier molecular flexibility index (Phi) is 3.78. The van der Waals surface area contributed by atoms with Crippen molar-refractivity contribution in [3.05, 3.63) is 17.0 Å². The lowest BCUT2D eigenvalue weighted by Crippen LogP contribution is -2.38. The second kappa shape index (κ2) is 4.93. The summed E-state index contributed by atoms with van der Waals surface area (Å²) in [6, 6.07) is 1.88. The summed E-state index contributed by atoms with van der Waals surface area (Å²) in [6.45, 7) is 13.1. The van der Waals surface area contributed by atoms with Gasteiger partial charge in [-0.2, -0.15) is 0 Å². The van der Waals surface area contributed by atoms with E-state index in [2.05, 4.69) is 44.5 Å². The largest absolute Gasteiger partial charge is 0.356 e. The zero-order valence-corrected chi connectivity index (χ0v) is 13.4. The lowest BCUT2D eigenvalue weighted by atomic mass is 9.83. The fraction of sp³-hybridized carbons (Fsp3) is 0.733. The van der Waals surface area contributed by atoms with Gasteiger partial charge >= 0.3 is 0 Å². The van der Waals surface area contributed by atoms with Crippen LogP contribution in [0.25, 0.3) is 0 Å². The van der Waals surface area contributed by atoms with Crippen molar-refractivity contribution in [3.8, 4) is 0 Å². The molecule has 0 aromatic carbocycles. The Morgan fingerprint density at radius 3 is 2.26 bits per heavy atom. The number of aromatic nitrogens is 2. The first kappa shape index (κ1) is 14.6. The average molecular weight is 282 g/mol. The van der Waals surface area contributed by atoms with Crippen molar-refractivity contribution in [1.82, 2.24) is 9.97 Å². The molecule has 0 N–H and O–H groups in total. The molecule has 1 saturated heterocycles. The summed E-state index contributed by atoms with van der Waals surface area (Å²) in [4.78, 5) is 11.4. The molecule has 19 heavy (non-hydrogen) atoms. The second-order valence-corrected chi connectivity index (χ2v) is 7.66. The van der Waals surface area contributed by atoms with Crippen molar-refractivity contribution >= 4 is 17.4 Å². The molecule has 0 aliphatic carbocycles. The third-order valence-electron chi connectivity index (χ3n) is 3.79. The van der Waals surface area contributed by atoms with E-state index in [1.54, 1.807) is 0 Å². The molecule has 1 fully saturated rings. The molecule has 106 valence electrons. The first-order valence-corrected chi connectivity index (χ1v) is 7.35. The van der Waals surface area contributed by atoms with Crippen LogP contribution in [0.3, 0.4) is 0 Å². The summed E-state index contributed by atoms with van der Waals surface area (Å²) >= 11 is 6.15. The zero-order valence-electron chi connectivity index (χ0n) is 12.6. The Morgan fingerprint density at radius 2 is 1.74 bits per heavy atom. The molecule has 0 amide bonds. The minimum Gasteiger partial charge on any atom is -0.356 e. The molecule has 1 aliphatic heterocycles. The van der Waals surface area contributed by atoms with E-state index in [1.165, 1.54) is 12.8 Å². The maximum absolute atomic E-state index is 6.15. The molecule has 0 atom stereocenters. The second-order valence-electron chi connectivity index (χ2n) is 7.27. The van der Waals surface area contributed by atoms with Crippen LogP contribution in [0.1, 0.15) is 53.3 Å². The van der Waals surface area contributed by atoms with E-state index >= 15 is 0 Å². The fourth-order valence-corrected chi connectivity index (χ4v) is 2.42. The molecule has 0 saturated carbocycles. The monoisotopic (exact) mass is 281 g/mol. The van der Waals surface area contributed by atoms with Gasteiger partial charge in [-0.05, 0) is 18.3 Å². The highest BCUT2D eigenvalue weighted by Crippen LogP contribution is 2.32. The summed E-state index contributed by atoms with van der Waals surface area (Å²) < 4.78 is 0. The third-order valence-corrected chi connectivity index (χ3v) is 3.99. The van der Waals surface area contributed by atoms with Crippen molar-refractivity contribution in [3.63, 3.8) is 0 Å². The van der Waals surface area contributed by atoms with E-state index in [-0.39, 0.29) is 5.41 Å². The van der Waals surface area contributed by atoms with Crippen LogP contribution < -0.4 is 4.90 Å². The van der Waals surface area contributed by atoms with Gasteiger partial charge in [0.15, 0.2) is 0 Å². The quantitative estimate of drug-likeness (QED) is 0.727. The minimum atomic E-state index is -0.0747. The molecule has 0 unspecified atom stereocenters. The summed E-state index contributed by atoms with van der Waals surface area (Å²) in [5, 5.41) is 0.541. The van der Waals surface area contributed by atoms with Crippen LogP contribution in [0.5, 0.6) is 0 Å². The molecule has 1 aliphatic rings. The van der Waals surface area contributed by atoms with Crippen molar-refractivity contribution < 1.29 is 0 Å². The molecule has 0 radical (unpaired) electrons. The highest BCUT2D eigenvalue weighted by Gasteiger charge is 2.27. The fourth-order valence-electron chi connectivity index (χ4n) is 2.24. The van der Waals surface area contributed by atoms with Crippen molar-refractivity contribution in [2.45, 2.75) is 52.9 Å². The van der Waals surface area contributed by atoms with Gasteiger partial charge in [-0.3, -0.25) is 0 Å². The van der Waals surface area contributed by atoms with Gasteiger partial charge in [0.2, 0.25) is 0 Å². The van der Waals surface area contributed by atoms with E-state index < -0.39 is 0 Å². The van der Waals surface area contributed by atoms with E-state index in [9.17, 15) is 0 Å². The summed E-state index contributed by atoms with van der Waals surface area (Å²) in [7, 11) is 0. The van der Waals surface area contributed by atoms with Crippen LogP contribution in [0.2, 0.25) is 5.15 Å². The lowest BCUT2D eigenvalue weighted by Gasteiger charge is -2.37. The number of halogens is 1. The highest BCUT2D eigenvalue weighted by atomic mass is 35.5. The molecule has 0 spiro atoms. The van der Waals surface area contributed by atoms with E-state index in [0.717, 1.165) is 24.7 Å². The molecule has 3 nitrogen and oxygen atoms in total. The number of hydrogen-bond acceptors (Lipinski definition) is 3. The minimum absolute atomic E-state index is 0.0747. The molecule has 0 bridgehead atoms. The van der Waals surface area contributed by atoms with Crippen LogP contribution in [0.4, 0.5) is 5.82 Å². The maximum Gasteiger partial charge on any atom is 0.137 e. The van der Waals surface area contributed by atoms with Crippen LogP contribution >= 0.6 is 11.6 Å². The van der Waals surface area contributed by atoms with Crippen LogP contribution in [-0.4, -0.2) is 23.1 Å². The normalized spacial score (nSPS) is 19.6. The smallest absolute Gasteiger partial charge is 0.137 e. The van der Waals surface area contributed by atoms with Crippen molar-refractivity contribution in [2.24, 2.45) is 5.41 Å². The first-order valence-electron chi connectivity index (χ1n) is 6.97. The van der Waals surface area contributed by atoms with Crippen LogP contribution in [0, 0.1) is 5.41 Å². The summed E-state index contributed by atoms with van der Waals surface area (Å²) in [5.41, 5.74) is 0.370. The summed E-state index contributed by atoms with van der Waals surface area (Å²) in [6.07, 6.45) is 2.39. The van der Waals surface area contributed by atoms with Gasteiger partial charge in [-0.15, -0.1) is 0 Å². The molecular formula is C15H24ClN3. The predicted molar refractivity (Wildman–Crippen MR) is 81.0 cm³/mol. The Morgan fingerprint density at radius 1 is 1.16 bits per heavy atom. The van der Waals surface area contributed by atoms with Gasteiger partial charge in [0.25, 0.3) is 0 Å². The van der Waals surface area contributed by atoms with Crippen molar-refractivity contribution in [2.75, 3.05) is 18.0 Å². The van der Waals surface area contributed by atoms with Gasteiger partial charge in [0, 0.05) is 24.6 Å². The summed E-state index contributed by atoms with van der Waals surface area (Å²) in [5.74, 6) is 1.79.